The van der Waals surface area contributed by atoms with Crippen molar-refractivity contribution in [2.75, 3.05) is 25.1 Å². The summed E-state index contributed by atoms with van der Waals surface area (Å²) in [4.78, 5) is 13.8. The van der Waals surface area contributed by atoms with Crippen LogP contribution in [-0.4, -0.2) is 42.4 Å². The van der Waals surface area contributed by atoms with Crippen LogP contribution in [0.1, 0.15) is 31.4 Å². The molecule has 1 saturated heterocycles. The molecule has 0 amide bonds. The Hall–Kier alpha value is -1.57. The van der Waals surface area contributed by atoms with Crippen LogP contribution in [0.3, 0.4) is 0 Å². The lowest BCUT2D eigenvalue weighted by Crippen LogP contribution is -2.49. The van der Waals surface area contributed by atoms with E-state index in [4.69, 9.17) is 0 Å². The summed E-state index contributed by atoms with van der Waals surface area (Å²) in [5, 5.41) is 0. The zero-order valence-corrected chi connectivity index (χ0v) is 17.9. The molecule has 0 spiro atoms. The molecule has 1 aromatic carbocycles. The van der Waals surface area contributed by atoms with E-state index < -0.39 is 10.0 Å². The highest BCUT2D eigenvalue weighted by Gasteiger charge is 2.39. The molecule has 3 heterocycles. The molecule has 150 valence electrons. The molecule has 4 rings (SSSR count). The molecule has 2 aliphatic heterocycles. The van der Waals surface area contributed by atoms with Crippen LogP contribution < -0.4 is 5.56 Å². The molecule has 0 saturated carbocycles. The molecular weight excluding hydrogens is 392 g/mol. The van der Waals surface area contributed by atoms with Gasteiger partial charge in [-0.25, -0.2) is 12.7 Å². The summed E-state index contributed by atoms with van der Waals surface area (Å²) in [5.74, 6) is 0.449. The van der Waals surface area contributed by atoms with Crippen LogP contribution >= 0.6 is 11.8 Å². The van der Waals surface area contributed by atoms with Crippen LogP contribution in [0.4, 0.5) is 0 Å². The SMILES string of the molecule is CCCS(=O)(=O)N1C[C@@H]2C[C@H](C1)c1c(-c3ccc(SC)cc3)ccc(=O)n1C2. The molecule has 5 nitrogen and oxygen atoms in total. The average Bonchev–Trinajstić information content (AvgIpc) is 2.69. The van der Waals surface area contributed by atoms with Crippen LogP contribution in [0.15, 0.2) is 46.1 Å². The van der Waals surface area contributed by atoms with E-state index in [1.165, 1.54) is 4.90 Å². The van der Waals surface area contributed by atoms with Crippen molar-refractivity contribution in [2.45, 2.75) is 37.1 Å². The van der Waals surface area contributed by atoms with Crippen LogP contribution in [0.25, 0.3) is 11.1 Å². The second kappa shape index (κ2) is 7.69. The van der Waals surface area contributed by atoms with E-state index in [-0.39, 0.29) is 23.1 Å². The van der Waals surface area contributed by atoms with Crippen molar-refractivity contribution in [1.82, 2.24) is 8.87 Å². The monoisotopic (exact) mass is 418 g/mol. The van der Waals surface area contributed by atoms with Crippen molar-refractivity contribution < 1.29 is 8.42 Å². The maximum Gasteiger partial charge on any atom is 0.250 e. The fraction of sp³-hybridized carbons (Fsp3) is 0.476. The Morgan fingerprint density at radius 2 is 1.82 bits per heavy atom. The molecular formula is C21H26N2O3S2. The van der Waals surface area contributed by atoms with Gasteiger partial charge >= 0.3 is 0 Å². The fourth-order valence-corrected chi connectivity index (χ4v) is 6.63. The normalized spacial score (nSPS) is 22.1. The van der Waals surface area contributed by atoms with Gasteiger partial charge in [-0.05, 0) is 48.8 Å². The summed E-state index contributed by atoms with van der Waals surface area (Å²) in [6.07, 6.45) is 3.61. The number of sulfonamides is 1. The maximum absolute atomic E-state index is 12.7. The molecule has 7 heteroatoms. The first-order valence-corrected chi connectivity index (χ1v) is 12.6. The first-order valence-electron chi connectivity index (χ1n) is 9.79. The summed E-state index contributed by atoms with van der Waals surface area (Å²) < 4.78 is 28.9. The Labute approximate surface area is 170 Å². The number of thioether (sulfide) groups is 1. The Morgan fingerprint density at radius 1 is 1.07 bits per heavy atom. The van der Waals surface area contributed by atoms with Crippen molar-refractivity contribution >= 4 is 21.8 Å². The summed E-state index contributed by atoms with van der Waals surface area (Å²) in [7, 11) is -3.23. The molecule has 0 radical (unpaired) electrons. The van der Waals surface area contributed by atoms with Gasteiger partial charge in [-0.2, -0.15) is 0 Å². The van der Waals surface area contributed by atoms with Crippen LogP contribution in [0, 0.1) is 5.92 Å². The van der Waals surface area contributed by atoms with E-state index in [9.17, 15) is 13.2 Å². The minimum Gasteiger partial charge on any atom is -0.311 e. The van der Waals surface area contributed by atoms with Crippen molar-refractivity contribution in [3.63, 3.8) is 0 Å². The average molecular weight is 419 g/mol. The summed E-state index contributed by atoms with van der Waals surface area (Å²) in [6.45, 7) is 3.49. The van der Waals surface area contributed by atoms with Gasteiger partial charge in [0, 0.05) is 47.8 Å². The third-order valence-electron chi connectivity index (χ3n) is 5.81. The van der Waals surface area contributed by atoms with Gasteiger partial charge in [0.2, 0.25) is 10.0 Å². The predicted molar refractivity (Wildman–Crippen MR) is 114 cm³/mol. The lowest BCUT2D eigenvalue weighted by atomic mass is 9.81. The van der Waals surface area contributed by atoms with Gasteiger partial charge in [-0.3, -0.25) is 4.79 Å². The number of rotatable bonds is 5. The highest BCUT2D eigenvalue weighted by atomic mass is 32.2. The van der Waals surface area contributed by atoms with E-state index in [1.54, 1.807) is 22.1 Å². The van der Waals surface area contributed by atoms with Crippen LogP contribution in [-0.2, 0) is 16.6 Å². The first-order chi connectivity index (χ1) is 13.4. The number of piperidine rings is 1. The number of fused-ring (bicyclic) bond motifs is 4. The Morgan fingerprint density at radius 3 is 2.50 bits per heavy atom. The molecule has 2 aromatic rings. The summed E-state index contributed by atoms with van der Waals surface area (Å²) >= 11 is 1.70. The van der Waals surface area contributed by atoms with Crippen molar-refractivity contribution in [3.05, 3.63) is 52.4 Å². The van der Waals surface area contributed by atoms with Crippen molar-refractivity contribution in [2.24, 2.45) is 5.92 Å². The first kappa shape index (κ1) is 19.7. The largest absolute Gasteiger partial charge is 0.311 e. The molecule has 2 aliphatic rings. The molecule has 1 aromatic heterocycles. The topological polar surface area (TPSA) is 59.4 Å². The number of pyridine rings is 1. The van der Waals surface area contributed by atoms with Gasteiger partial charge in [0.05, 0.1) is 5.75 Å². The number of aromatic nitrogens is 1. The van der Waals surface area contributed by atoms with E-state index >= 15 is 0 Å². The van der Waals surface area contributed by atoms with Crippen LogP contribution in [0.5, 0.6) is 0 Å². The van der Waals surface area contributed by atoms with Gasteiger partial charge in [0.15, 0.2) is 0 Å². The van der Waals surface area contributed by atoms with Crippen molar-refractivity contribution in [1.29, 1.82) is 0 Å². The number of hydrogen-bond acceptors (Lipinski definition) is 4. The Balaban J connectivity index is 1.77. The van der Waals surface area contributed by atoms with Crippen LogP contribution in [0.2, 0.25) is 0 Å². The third kappa shape index (κ3) is 3.55. The van der Waals surface area contributed by atoms with Crippen molar-refractivity contribution in [3.8, 4) is 11.1 Å². The standard InChI is InChI=1S/C21H26N2O3S2/c1-3-10-28(25,26)22-12-15-11-17(14-22)21-19(8-9-20(24)23(21)13-15)16-4-6-18(27-2)7-5-16/h4-9,15,17H,3,10-14H2,1-2H3/t15-,17+/m0/s1. The molecule has 28 heavy (non-hydrogen) atoms. The molecule has 0 unspecified atom stereocenters. The fourth-order valence-electron chi connectivity index (χ4n) is 4.60. The lowest BCUT2D eigenvalue weighted by Gasteiger charge is -2.43. The lowest BCUT2D eigenvalue weighted by molar-refractivity contribution is 0.187. The minimum atomic E-state index is -3.23. The molecule has 0 N–H and O–H groups in total. The number of nitrogens with zero attached hydrogens (tertiary/aromatic N) is 2. The Kier molecular flexibility index (Phi) is 5.42. The van der Waals surface area contributed by atoms with E-state index in [0.29, 0.717) is 26.1 Å². The molecule has 0 aliphatic carbocycles. The van der Waals surface area contributed by atoms with E-state index in [1.807, 2.05) is 23.8 Å². The second-order valence-electron chi connectivity index (χ2n) is 7.74. The van der Waals surface area contributed by atoms with Gasteiger partial charge in [-0.1, -0.05) is 19.1 Å². The number of hydrogen-bond donors (Lipinski definition) is 0. The highest BCUT2D eigenvalue weighted by Crippen LogP contribution is 2.40. The second-order valence-corrected chi connectivity index (χ2v) is 10.7. The quantitative estimate of drug-likeness (QED) is 0.699. The predicted octanol–water partition coefficient (Wildman–Crippen LogP) is 3.40. The Bertz CT molecular complexity index is 1030. The van der Waals surface area contributed by atoms with E-state index in [2.05, 4.69) is 24.3 Å². The van der Waals surface area contributed by atoms with Gasteiger partial charge in [0.1, 0.15) is 0 Å². The number of benzene rings is 1. The zero-order chi connectivity index (χ0) is 19.9. The molecule has 1 fully saturated rings. The van der Waals surface area contributed by atoms with E-state index in [0.717, 1.165) is 23.2 Å². The molecule has 2 atom stereocenters. The zero-order valence-electron chi connectivity index (χ0n) is 16.3. The minimum absolute atomic E-state index is 0.0130. The smallest absolute Gasteiger partial charge is 0.250 e. The highest BCUT2D eigenvalue weighted by molar-refractivity contribution is 7.98. The summed E-state index contributed by atoms with van der Waals surface area (Å²) in [5.41, 5.74) is 3.13. The molecule has 2 bridgehead atoms. The summed E-state index contributed by atoms with van der Waals surface area (Å²) in [6, 6.07) is 11.9. The van der Waals surface area contributed by atoms with Gasteiger partial charge in [-0.15, -0.1) is 11.8 Å². The maximum atomic E-state index is 12.7. The van der Waals surface area contributed by atoms with Gasteiger partial charge < -0.3 is 4.57 Å². The van der Waals surface area contributed by atoms with Gasteiger partial charge in [0.25, 0.3) is 5.56 Å². The third-order valence-corrected chi connectivity index (χ3v) is 8.57.